The number of aromatic nitrogens is 2. The Morgan fingerprint density at radius 3 is 2.27 bits per heavy atom. The number of carbonyl (C=O) groups is 1. The fourth-order valence-corrected chi connectivity index (χ4v) is 5.62. The lowest BCUT2D eigenvalue weighted by molar-refractivity contribution is -0.219. The maximum Gasteiger partial charge on any atom is 0.492 e. The van der Waals surface area contributed by atoms with Crippen LogP contribution < -0.4 is 19.7 Å². The quantitative estimate of drug-likeness (QED) is 0.382. The van der Waals surface area contributed by atoms with E-state index in [1.54, 1.807) is 18.2 Å². The summed E-state index contributed by atoms with van der Waals surface area (Å²) in [5, 5.41) is 3.72. The molecular formula is C25H28F3N5O6S. The number of nitrogens with one attached hydrogen (secondary N) is 1. The molecule has 0 saturated carbocycles. The summed E-state index contributed by atoms with van der Waals surface area (Å²) in [6.45, 7) is 4.08. The molecule has 15 heteroatoms. The van der Waals surface area contributed by atoms with Crippen molar-refractivity contribution in [3.8, 4) is 11.5 Å². The molecule has 2 heterocycles. The molecule has 40 heavy (non-hydrogen) atoms. The van der Waals surface area contributed by atoms with E-state index in [4.69, 9.17) is 9.47 Å². The van der Waals surface area contributed by atoms with Crippen LogP contribution in [0.3, 0.4) is 0 Å². The van der Waals surface area contributed by atoms with E-state index >= 15 is 0 Å². The number of sulfonamides is 1. The number of fused-ring (bicyclic) bond motifs is 1. The number of anilines is 3. The Bertz CT molecular complexity index is 1530. The van der Waals surface area contributed by atoms with E-state index in [0.29, 0.717) is 46.6 Å². The van der Waals surface area contributed by atoms with Crippen LogP contribution in [0.15, 0.2) is 41.6 Å². The van der Waals surface area contributed by atoms with E-state index in [1.165, 1.54) is 32.7 Å². The van der Waals surface area contributed by atoms with Crippen LogP contribution >= 0.6 is 0 Å². The van der Waals surface area contributed by atoms with Crippen molar-refractivity contribution < 1.29 is 40.7 Å². The molecule has 3 aromatic rings. The van der Waals surface area contributed by atoms with Gasteiger partial charge in [-0.15, -0.1) is 0 Å². The maximum atomic E-state index is 13.1. The molecule has 0 radical (unpaired) electrons. The van der Waals surface area contributed by atoms with Gasteiger partial charge in [-0.2, -0.15) is 13.2 Å². The van der Waals surface area contributed by atoms with Crippen LogP contribution in [-0.4, -0.2) is 68.4 Å². The third kappa shape index (κ3) is 5.56. The minimum atomic E-state index is -5.37. The summed E-state index contributed by atoms with van der Waals surface area (Å²) in [5.41, 5.74) is 1.48. The van der Waals surface area contributed by atoms with Crippen LogP contribution in [0, 0.1) is 0 Å². The summed E-state index contributed by atoms with van der Waals surface area (Å²) in [4.78, 5) is 25.7. The second-order valence-electron chi connectivity index (χ2n) is 9.22. The van der Waals surface area contributed by atoms with E-state index < -0.39 is 27.1 Å². The van der Waals surface area contributed by atoms with Crippen LogP contribution in [0.25, 0.3) is 10.9 Å². The van der Waals surface area contributed by atoms with Crippen LogP contribution in [-0.2, 0) is 19.7 Å². The molecule has 11 nitrogen and oxygen atoms in total. The van der Waals surface area contributed by atoms with Gasteiger partial charge in [0, 0.05) is 30.6 Å². The van der Waals surface area contributed by atoms with E-state index in [9.17, 15) is 26.4 Å². The lowest BCUT2D eigenvalue weighted by atomic mass is 10.1. The molecule has 2 atom stereocenters. The molecule has 1 fully saturated rings. The van der Waals surface area contributed by atoms with E-state index in [0.717, 1.165) is 12.8 Å². The van der Waals surface area contributed by atoms with Gasteiger partial charge in [0.15, 0.2) is 11.5 Å². The molecule has 216 valence electrons. The topological polar surface area (TPSA) is 123 Å². The monoisotopic (exact) mass is 583 g/mol. The summed E-state index contributed by atoms with van der Waals surface area (Å²) < 4.78 is 74.9. The highest BCUT2D eigenvalue weighted by molar-refractivity contribution is 7.89. The maximum absolute atomic E-state index is 13.1. The summed E-state index contributed by atoms with van der Waals surface area (Å²) in [6.07, 6.45) is -2.24. The zero-order valence-electron chi connectivity index (χ0n) is 22.3. The number of methoxy groups -OCH3 is 2. The first-order valence-corrected chi connectivity index (χ1v) is 13.6. The fraction of sp³-hybridized carbons (Fsp3) is 0.400. The van der Waals surface area contributed by atoms with Crippen molar-refractivity contribution in [1.29, 1.82) is 0 Å². The third-order valence-corrected chi connectivity index (χ3v) is 8.27. The van der Waals surface area contributed by atoms with Gasteiger partial charge in [0.25, 0.3) is 10.0 Å². The van der Waals surface area contributed by atoms with Crippen molar-refractivity contribution in [2.24, 2.45) is 0 Å². The molecule has 0 spiro atoms. The van der Waals surface area contributed by atoms with Gasteiger partial charge in [0.1, 0.15) is 12.1 Å². The lowest BCUT2D eigenvalue weighted by Crippen LogP contribution is -2.36. The normalized spacial score (nSPS) is 17.8. The van der Waals surface area contributed by atoms with E-state index in [-0.39, 0.29) is 16.6 Å². The number of nitrogens with zero attached hydrogens (tertiary/aromatic N) is 4. The number of ether oxygens (including phenoxy) is 2. The average Bonchev–Trinajstić information content (AvgIpc) is 3.24. The van der Waals surface area contributed by atoms with Gasteiger partial charge in [0.2, 0.25) is 0 Å². The number of benzene rings is 2. The lowest BCUT2D eigenvalue weighted by Gasteiger charge is -2.31. The smallest absolute Gasteiger partial charge is 0.492 e. The molecule has 1 aliphatic heterocycles. The largest absolute Gasteiger partial charge is 0.493 e. The minimum Gasteiger partial charge on any atom is -0.493 e. The van der Waals surface area contributed by atoms with E-state index in [2.05, 4.69) is 25.0 Å². The van der Waals surface area contributed by atoms with Crippen molar-refractivity contribution in [3.05, 3.63) is 36.7 Å². The Labute approximate surface area is 228 Å². The zero-order chi connectivity index (χ0) is 29.4. The fourth-order valence-electron chi connectivity index (χ4n) is 4.65. The Hall–Kier alpha value is -3.85. The van der Waals surface area contributed by atoms with Gasteiger partial charge in [-0.05, 0) is 55.4 Å². The molecule has 1 aromatic heterocycles. The highest BCUT2D eigenvalue weighted by Gasteiger charge is 2.44. The van der Waals surface area contributed by atoms with Crippen molar-refractivity contribution in [2.45, 2.75) is 49.8 Å². The van der Waals surface area contributed by atoms with Gasteiger partial charge in [0.05, 0.1) is 36.0 Å². The number of carbonyl (C=O) groups excluding carboxylic acids is 1. The van der Waals surface area contributed by atoms with Gasteiger partial charge in [-0.25, -0.2) is 23.2 Å². The van der Waals surface area contributed by atoms with Crippen LogP contribution in [0.4, 0.5) is 30.4 Å². The summed E-state index contributed by atoms with van der Waals surface area (Å²) in [6, 6.07) is 7.64. The first-order chi connectivity index (χ1) is 18.8. The SMILES string of the molecule is COc1cc2ncnc(Nc3cc(S(=O)(=O)N(C)OC(=O)C(F)(F)F)ccc3N3C(C)CCC3C)c2cc1OC. The first-order valence-electron chi connectivity index (χ1n) is 12.1. The van der Waals surface area contributed by atoms with Gasteiger partial charge in [-0.3, -0.25) is 0 Å². The molecule has 2 unspecified atom stereocenters. The van der Waals surface area contributed by atoms with Crippen molar-refractivity contribution >= 4 is 44.1 Å². The molecule has 4 rings (SSSR count). The van der Waals surface area contributed by atoms with E-state index in [1.807, 2.05) is 13.8 Å². The number of rotatable bonds is 8. The van der Waals surface area contributed by atoms with Crippen molar-refractivity contribution in [2.75, 3.05) is 31.5 Å². The van der Waals surface area contributed by atoms with Crippen LogP contribution in [0.2, 0.25) is 0 Å². The zero-order valence-corrected chi connectivity index (χ0v) is 23.1. The Kier molecular flexibility index (Phi) is 7.99. The number of halogens is 3. The predicted molar refractivity (Wildman–Crippen MR) is 140 cm³/mol. The van der Waals surface area contributed by atoms with Crippen molar-refractivity contribution in [3.63, 3.8) is 0 Å². The number of hydroxylamine groups is 1. The first kappa shape index (κ1) is 29.1. The molecular weight excluding hydrogens is 555 g/mol. The average molecular weight is 584 g/mol. The Morgan fingerprint density at radius 1 is 1.05 bits per heavy atom. The standard InChI is InChI=1S/C25H28F3N5O6S/c1-14-6-7-15(2)33(14)20-9-8-16(40(35,36)32(3)39-24(34)25(26,27)28)10-19(20)31-23-17-11-21(37-4)22(38-5)12-18(17)29-13-30-23/h8-15H,6-7H2,1-5H3,(H,29,30,31). The highest BCUT2D eigenvalue weighted by atomic mass is 32.2. The number of alkyl halides is 3. The van der Waals surface area contributed by atoms with Crippen LogP contribution in [0.1, 0.15) is 26.7 Å². The van der Waals surface area contributed by atoms with Gasteiger partial charge in [-0.1, -0.05) is 0 Å². The Balaban J connectivity index is 1.82. The summed E-state index contributed by atoms with van der Waals surface area (Å²) in [7, 11) is -0.998. The summed E-state index contributed by atoms with van der Waals surface area (Å²) >= 11 is 0. The number of hydrogen-bond donors (Lipinski definition) is 1. The second-order valence-corrected chi connectivity index (χ2v) is 11.2. The predicted octanol–water partition coefficient (Wildman–Crippen LogP) is 4.41. The number of hydrogen-bond acceptors (Lipinski definition) is 10. The molecule has 1 saturated heterocycles. The van der Waals surface area contributed by atoms with Crippen LogP contribution in [0.5, 0.6) is 11.5 Å². The van der Waals surface area contributed by atoms with Crippen molar-refractivity contribution in [1.82, 2.24) is 14.4 Å². The molecule has 1 aliphatic rings. The highest BCUT2D eigenvalue weighted by Crippen LogP contribution is 2.40. The molecule has 0 amide bonds. The Morgan fingerprint density at radius 2 is 1.68 bits per heavy atom. The van der Waals surface area contributed by atoms with Gasteiger partial charge >= 0.3 is 12.1 Å². The minimum absolute atomic E-state index is 0.111. The van der Waals surface area contributed by atoms with Gasteiger partial charge < -0.3 is 24.5 Å². The molecule has 2 aromatic carbocycles. The summed E-state index contributed by atoms with van der Waals surface area (Å²) in [5.74, 6) is -1.48. The second kappa shape index (κ2) is 11.0. The molecule has 0 bridgehead atoms. The molecule has 1 N–H and O–H groups in total. The third-order valence-electron chi connectivity index (χ3n) is 6.67. The molecule has 0 aliphatic carbocycles.